The van der Waals surface area contributed by atoms with Gasteiger partial charge < -0.3 is 20.9 Å². The van der Waals surface area contributed by atoms with Crippen LogP contribution in [-0.2, 0) is 6.42 Å². The van der Waals surface area contributed by atoms with Crippen LogP contribution in [0.15, 0.2) is 18.2 Å². The topological polar surface area (TPSA) is 67.5 Å². The molecule has 96 valence electrons. The molecule has 0 saturated heterocycles. The van der Waals surface area contributed by atoms with E-state index in [9.17, 15) is 5.11 Å². The van der Waals surface area contributed by atoms with Gasteiger partial charge in [-0.2, -0.15) is 0 Å². The van der Waals surface area contributed by atoms with Crippen molar-refractivity contribution in [1.29, 1.82) is 0 Å². The Labute approximate surface area is 103 Å². The van der Waals surface area contributed by atoms with Gasteiger partial charge >= 0.3 is 0 Å². The zero-order valence-corrected chi connectivity index (χ0v) is 10.6. The Hall–Kier alpha value is -1.26. The molecule has 1 unspecified atom stereocenters. The Bertz CT molecular complexity index is 342. The van der Waals surface area contributed by atoms with Gasteiger partial charge in [0.2, 0.25) is 0 Å². The van der Waals surface area contributed by atoms with E-state index < -0.39 is 0 Å². The van der Waals surface area contributed by atoms with Crippen LogP contribution in [0, 0.1) is 0 Å². The first kappa shape index (κ1) is 13.8. The molecule has 0 amide bonds. The van der Waals surface area contributed by atoms with E-state index in [0.29, 0.717) is 18.9 Å². The van der Waals surface area contributed by atoms with Gasteiger partial charge in [0.15, 0.2) is 11.5 Å². The van der Waals surface area contributed by atoms with Crippen molar-refractivity contribution in [2.24, 2.45) is 5.73 Å². The molecule has 0 aliphatic rings. The van der Waals surface area contributed by atoms with Crippen molar-refractivity contribution in [2.45, 2.75) is 26.3 Å². The molecule has 0 bridgehead atoms. The van der Waals surface area contributed by atoms with Gasteiger partial charge in [0.1, 0.15) is 0 Å². The molecule has 4 heteroatoms. The minimum atomic E-state index is 0.246. The zero-order valence-electron chi connectivity index (χ0n) is 10.6. The fraction of sp³-hybridized carbons (Fsp3) is 0.538. The fourth-order valence-electron chi connectivity index (χ4n) is 1.74. The van der Waals surface area contributed by atoms with Crippen molar-refractivity contribution in [3.8, 4) is 11.5 Å². The highest BCUT2D eigenvalue weighted by Crippen LogP contribution is 2.30. The Morgan fingerprint density at radius 3 is 2.88 bits per heavy atom. The maximum Gasteiger partial charge on any atom is 0.161 e. The number of para-hydroxylation sites is 1. The quantitative estimate of drug-likeness (QED) is 0.669. The molecule has 0 aliphatic heterocycles. The zero-order chi connectivity index (χ0) is 12.7. The second kappa shape index (κ2) is 7.14. The van der Waals surface area contributed by atoms with Crippen LogP contribution in [0.2, 0.25) is 0 Å². The van der Waals surface area contributed by atoms with Crippen molar-refractivity contribution < 1.29 is 9.84 Å². The van der Waals surface area contributed by atoms with Crippen LogP contribution < -0.4 is 15.8 Å². The van der Waals surface area contributed by atoms with Crippen LogP contribution in [0.4, 0.5) is 0 Å². The smallest absolute Gasteiger partial charge is 0.161 e. The van der Waals surface area contributed by atoms with Crippen LogP contribution in [0.25, 0.3) is 0 Å². The maximum atomic E-state index is 10.0. The number of rotatable bonds is 7. The molecule has 17 heavy (non-hydrogen) atoms. The van der Waals surface area contributed by atoms with Gasteiger partial charge in [0, 0.05) is 19.1 Å². The van der Waals surface area contributed by atoms with E-state index in [1.54, 1.807) is 6.07 Å². The second-order valence-corrected chi connectivity index (χ2v) is 4.04. The van der Waals surface area contributed by atoms with Crippen molar-refractivity contribution in [1.82, 2.24) is 5.32 Å². The third-order valence-corrected chi connectivity index (χ3v) is 2.55. The summed E-state index contributed by atoms with van der Waals surface area (Å²) in [5, 5.41) is 13.3. The minimum Gasteiger partial charge on any atom is -0.504 e. The average Bonchev–Trinajstić information content (AvgIpc) is 2.32. The number of phenolic OH excluding ortho intramolecular Hbond substituents is 1. The first-order valence-electron chi connectivity index (χ1n) is 6.06. The molecule has 0 heterocycles. The third kappa shape index (κ3) is 4.24. The lowest BCUT2D eigenvalue weighted by Crippen LogP contribution is -2.32. The van der Waals surface area contributed by atoms with E-state index >= 15 is 0 Å². The van der Waals surface area contributed by atoms with Gasteiger partial charge in [-0.05, 0) is 31.9 Å². The normalized spacial score (nSPS) is 12.4. The molecule has 1 aromatic rings. The van der Waals surface area contributed by atoms with Crippen LogP contribution in [0.5, 0.6) is 11.5 Å². The van der Waals surface area contributed by atoms with E-state index in [4.69, 9.17) is 10.5 Å². The lowest BCUT2D eigenvalue weighted by atomic mass is 10.1. The second-order valence-electron chi connectivity index (χ2n) is 4.04. The number of phenols is 1. The van der Waals surface area contributed by atoms with Gasteiger partial charge in [-0.3, -0.25) is 0 Å². The summed E-state index contributed by atoms with van der Waals surface area (Å²) in [5.74, 6) is 0.798. The third-order valence-electron chi connectivity index (χ3n) is 2.55. The number of hydrogen-bond acceptors (Lipinski definition) is 4. The van der Waals surface area contributed by atoms with Gasteiger partial charge in [-0.15, -0.1) is 0 Å². The van der Waals surface area contributed by atoms with E-state index in [2.05, 4.69) is 12.2 Å². The lowest BCUT2D eigenvalue weighted by molar-refractivity contribution is 0.316. The molecule has 0 aliphatic carbocycles. The van der Waals surface area contributed by atoms with Crippen molar-refractivity contribution in [3.63, 3.8) is 0 Å². The summed E-state index contributed by atoms with van der Waals surface area (Å²) >= 11 is 0. The minimum absolute atomic E-state index is 0.246. The van der Waals surface area contributed by atoms with Gasteiger partial charge in [-0.1, -0.05) is 12.1 Å². The molecular weight excluding hydrogens is 216 g/mol. The molecule has 1 atom stereocenters. The number of nitrogens with one attached hydrogen (secondary N) is 1. The van der Waals surface area contributed by atoms with E-state index in [1.165, 1.54) is 0 Å². The largest absolute Gasteiger partial charge is 0.504 e. The molecule has 1 aromatic carbocycles. The first-order chi connectivity index (χ1) is 8.19. The fourth-order valence-corrected chi connectivity index (χ4v) is 1.74. The predicted molar refractivity (Wildman–Crippen MR) is 69.5 cm³/mol. The van der Waals surface area contributed by atoms with Crippen molar-refractivity contribution in [2.75, 3.05) is 19.7 Å². The van der Waals surface area contributed by atoms with Gasteiger partial charge in [-0.25, -0.2) is 0 Å². The maximum absolute atomic E-state index is 10.0. The highest BCUT2D eigenvalue weighted by Gasteiger charge is 2.10. The summed E-state index contributed by atoms with van der Waals surface area (Å²) in [6.07, 6.45) is 0.757. The molecule has 0 aromatic heterocycles. The molecule has 1 rings (SSSR count). The number of aromatic hydroxyl groups is 1. The Morgan fingerprint density at radius 2 is 2.24 bits per heavy atom. The van der Waals surface area contributed by atoms with Crippen LogP contribution in [0.3, 0.4) is 0 Å². The van der Waals surface area contributed by atoms with Crippen LogP contribution in [0.1, 0.15) is 19.4 Å². The SMILES string of the molecule is CCOc1cccc(CC(C)NCCN)c1O. The van der Waals surface area contributed by atoms with E-state index in [0.717, 1.165) is 18.5 Å². The first-order valence-corrected chi connectivity index (χ1v) is 6.06. The summed E-state index contributed by atoms with van der Waals surface area (Å²) < 4.78 is 5.35. The summed E-state index contributed by atoms with van der Waals surface area (Å²) in [4.78, 5) is 0. The summed E-state index contributed by atoms with van der Waals surface area (Å²) in [7, 11) is 0. The average molecular weight is 238 g/mol. The standard InChI is InChI=1S/C13H22N2O2/c1-3-17-12-6-4-5-11(13(12)16)9-10(2)15-8-7-14/h4-6,10,15-16H,3,7-9,14H2,1-2H3. The van der Waals surface area contributed by atoms with Crippen LogP contribution >= 0.6 is 0 Å². The summed E-state index contributed by atoms with van der Waals surface area (Å²) in [6.45, 7) is 5.93. The molecular formula is C13H22N2O2. The number of nitrogens with two attached hydrogens (primary N) is 1. The van der Waals surface area contributed by atoms with Crippen LogP contribution in [-0.4, -0.2) is 30.8 Å². The summed E-state index contributed by atoms with van der Waals surface area (Å²) in [6, 6.07) is 5.87. The van der Waals surface area contributed by atoms with Gasteiger partial charge in [0.25, 0.3) is 0 Å². The van der Waals surface area contributed by atoms with E-state index in [1.807, 2.05) is 19.1 Å². The predicted octanol–water partition coefficient (Wildman–Crippen LogP) is 1.27. The van der Waals surface area contributed by atoms with Crippen molar-refractivity contribution in [3.05, 3.63) is 23.8 Å². The Kier molecular flexibility index (Phi) is 5.80. The highest BCUT2D eigenvalue weighted by atomic mass is 16.5. The molecule has 4 nitrogen and oxygen atoms in total. The highest BCUT2D eigenvalue weighted by molar-refractivity contribution is 5.45. The number of benzene rings is 1. The molecule has 0 saturated carbocycles. The molecule has 0 spiro atoms. The number of hydrogen-bond donors (Lipinski definition) is 3. The number of ether oxygens (including phenoxy) is 1. The molecule has 0 fully saturated rings. The molecule has 4 N–H and O–H groups in total. The Balaban J connectivity index is 2.67. The molecule has 0 radical (unpaired) electrons. The van der Waals surface area contributed by atoms with E-state index in [-0.39, 0.29) is 11.8 Å². The monoisotopic (exact) mass is 238 g/mol. The summed E-state index contributed by atoms with van der Waals surface area (Å²) in [5.41, 5.74) is 6.33. The van der Waals surface area contributed by atoms with Crippen molar-refractivity contribution >= 4 is 0 Å². The Morgan fingerprint density at radius 1 is 1.47 bits per heavy atom. The lowest BCUT2D eigenvalue weighted by Gasteiger charge is -2.15. The van der Waals surface area contributed by atoms with Gasteiger partial charge in [0.05, 0.1) is 6.61 Å².